The molecule has 3 aromatic rings. The predicted molar refractivity (Wildman–Crippen MR) is 79.8 cm³/mol. The van der Waals surface area contributed by atoms with Gasteiger partial charge < -0.3 is 14.8 Å². The number of pyridine rings is 2. The molecule has 0 spiro atoms. The number of carboxylic acid groups (broad SMARTS) is 1. The van der Waals surface area contributed by atoms with Crippen LogP contribution in [0.15, 0.2) is 60.8 Å². The molecule has 6 heteroatoms. The summed E-state index contributed by atoms with van der Waals surface area (Å²) in [5.74, 6) is -0.454. The van der Waals surface area contributed by atoms with Crippen LogP contribution in [0.1, 0.15) is 10.5 Å². The van der Waals surface area contributed by atoms with Gasteiger partial charge in [0.2, 0.25) is 5.88 Å². The van der Waals surface area contributed by atoms with Gasteiger partial charge in [0.15, 0.2) is 5.69 Å². The van der Waals surface area contributed by atoms with E-state index < -0.39 is 5.97 Å². The standard InChI is InChI=1S/C17H11N2O3.Pt/c20-17(21)15-8-4-9-16(19-15)22-13-6-3-5-12(11-13)14-7-1-2-10-18-14;/h1-10H,(H,20,21);/q-1;. The molecular weight excluding hydrogens is 475 g/mol. The van der Waals surface area contributed by atoms with E-state index in [0.717, 1.165) is 11.3 Å². The quantitative estimate of drug-likeness (QED) is 0.573. The molecule has 0 aliphatic heterocycles. The minimum Gasteiger partial charge on any atom is -0.477 e. The van der Waals surface area contributed by atoms with Crippen molar-refractivity contribution in [2.75, 3.05) is 0 Å². The molecule has 1 N–H and O–H groups in total. The van der Waals surface area contributed by atoms with Crippen molar-refractivity contribution in [2.24, 2.45) is 0 Å². The maximum absolute atomic E-state index is 10.9. The average Bonchev–Trinajstić information content (AvgIpc) is 2.56. The number of aromatic carboxylic acids is 1. The van der Waals surface area contributed by atoms with Gasteiger partial charge in [-0.15, -0.1) is 23.8 Å². The van der Waals surface area contributed by atoms with Gasteiger partial charge in [0.1, 0.15) is 0 Å². The first-order chi connectivity index (χ1) is 10.7. The maximum atomic E-state index is 10.9. The Balaban J connectivity index is 0.00000192. The molecule has 118 valence electrons. The molecule has 0 atom stereocenters. The second kappa shape index (κ2) is 7.65. The zero-order valence-electron chi connectivity index (χ0n) is 11.7. The number of carbonyl (C=O) groups is 1. The molecule has 0 radical (unpaired) electrons. The fourth-order valence-corrected chi connectivity index (χ4v) is 1.88. The molecule has 0 unspecified atom stereocenters. The minimum absolute atomic E-state index is 0. The van der Waals surface area contributed by atoms with Gasteiger partial charge in [-0.2, -0.15) is 0 Å². The van der Waals surface area contributed by atoms with Crippen molar-refractivity contribution >= 4 is 5.97 Å². The number of rotatable bonds is 4. The molecule has 2 aromatic heterocycles. The third-order valence-electron chi connectivity index (χ3n) is 2.87. The Bertz CT molecular complexity index is 810. The van der Waals surface area contributed by atoms with Gasteiger partial charge in [-0.25, -0.2) is 9.78 Å². The average molecular weight is 486 g/mol. The molecule has 23 heavy (non-hydrogen) atoms. The van der Waals surface area contributed by atoms with Crippen molar-refractivity contribution in [3.63, 3.8) is 0 Å². The van der Waals surface area contributed by atoms with Gasteiger partial charge in [0.25, 0.3) is 0 Å². The van der Waals surface area contributed by atoms with Gasteiger partial charge in [-0.3, -0.25) is 0 Å². The monoisotopic (exact) mass is 486 g/mol. The van der Waals surface area contributed by atoms with Crippen LogP contribution >= 0.6 is 0 Å². The number of hydrogen-bond donors (Lipinski definition) is 1. The molecule has 0 bridgehead atoms. The Kier molecular flexibility index (Phi) is 5.60. The molecule has 3 rings (SSSR count). The first-order valence-corrected chi connectivity index (χ1v) is 6.54. The van der Waals surface area contributed by atoms with Gasteiger partial charge >= 0.3 is 5.97 Å². The molecule has 0 aliphatic rings. The second-order valence-electron chi connectivity index (χ2n) is 4.41. The molecule has 0 amide bonds. The van der Waals surface area contributed by atoms with E-state index in [0.29, 0.717) is 5.75 Å². The van der Waals surface area contributed by atoms with Gasteiger partial charge in [0.05, 0.1) is 0 Å². The van der Waals surface area contributed by atoms with E-state index >= 15 is 0 Å². The number of hydrogen-bond acceptors (Lipinski definition) is 4. The van der Waals surface area contributed by atoms with Crippen molar-refractivity contribution in [3.8, 4) is 22.9 Å². The first kappa shape index (κ1) is 16.8. The van der Waals surface area contributed by atoms with Crippen molar-refractivity contribution in [1.82, 2.24) is 9.97 Å². The molecule has 0 saturated carbocycles. The van der Waals surface area contributed by atoms with Crippen molar-refractivity contribution in [1.29, 1.82) is 0 Å². The topological polar surface area (TPSA) is 72.3 Å². The van der Waals surface area contributed by atoms with E-state index in [9.17, 15) is 4.79 Å². The molecular formula is C17H11N2O3Pt-. The van der Waals surface area contributed by atoms with E-state index in [2.05, 4.69) is 16.0 Å². The summed E-state index contributed by atoms with van der Waals surface area (Å²) in [5.41, 5.74) is 1.49. The number of ether oxygens (including phenoxy) is 1. The van der Waals surface area contributed by atoms with Crippen LogP contribution in [0.4, 0.5) is 0 Å². The third kappa shape index (κ3) is 4.24. The number of nitrogens with zero attached hydrogens (tertiary/aromatic N) is 2. The van der Waals surface area contributed by atoms with Crippen LogP contribution in [0.3, 0.4) is 0 Å². The fraction of sp³-hybridized carbons (Fsp3) is 0. The van der Waals surface area contributed by atoms with Crippen molar-refractivity contribution < 1.29 is 35.7 Å². The summed E-state index contributed by atoms with van der Waals surface area (Å²) in [7, 11) is 0. The number of benzene rings is 1. The van der Waals surface area contributed by atoms with Crippen LogP contribution in [0.2, 0.25) is 0 Å². The number of carboxylic acids is 1. The SMILES string of the molecule is O=C(O)c1cccc(Oc2[c-]c(-c3ccccn3)ccc2)n1.[Pt]. The smallest absolute Gasteiger partial charge is 0.354 e. The van der Waals surface area contributed by atoms with Crippen LogP contribution in [-0.2, 0) is 21.1 Å². The Morgan fingerprint density at radius 3 is 2.61 bits per heavy atom. The largest absolute Gasteiger partial charge is 0.477 e. The van der Waals surface area contributed by atoms with Gasteiger partial charge in [-0.05, 0) is 17.8 Å². The normalized spacial score (nSPS) is 9.74. The van der Waals surface area contributed by atoms with Crippen LogP contribution in [0, 0.1) is 6.07 Å². The van der Waals surface area contributed by atoms with Gasteiger partial charge in [0, 0.05) is 39.1 Å². The van der Waals surface area contributed by atoms with E-state index in [4.69, 9.17) is 9.84 Å². The molecule has 2 heterocycles. The first-order valence-electron chi connectivity index (χ1n) is 6.54. The minimum atomic E-state index is -1.10. The predicted octanol–water partition coefficient (Wildman–Crippen LogP) is 3.43. The van der Waals surface area contributed by atoms with E-state index in [1.165, 1.54) is 6.07 Å². The van der Waals surface area contributed by atoms with Crippen LogP contribution < -0.4 is 4.74 Å². The van der Waals surface area contributed by atoms with Crippen molar-refractivity contribution in [2.45, 2.75) is 0 Å². The number of aromatic nitrogens is 2. The summed E-state index contributed by atoms with van der Waals surface area (Å²) in [4.78, 5) is 19.1. The van der Waals surface area contributed by atoms with Crippen molar-refractivity contribution in [3.05, 3.63) is 72.6 Å². The maximum Gasteiger partial charge on any atom is 0.354 e. The summed E-state index contributed by atoms with van der Waals surface area (Å²) in [6, 6.07) is 18.7. The van der Waals surface area contributed by atoms with E-state index in [-0.39, 0.29) is 32.6 Å². The summed E-state index contributed by atoms with van der Waals surface area (Å²) >= 11 is 0. The van der Waals surface area contributed by atoms with Crippen LogP contribution in [-0.4, -0.2) is 21.0 Å². The summed E-state index contributed by atoms with van der Waals surface area (Å²) in [6.45, 7) is 0. The second-order valence-corrected chi connectivity index (χ2v) is 4.41. The summed E-state index contributed by atoms with van der Waals surface area (Å²) in [5, 5.41) is 8.93. The summed E-state index contributed by atoms with van der Waals surface area (Å²) in [6.07, 6.45) is 1.70. The zero-order chi connectivity index (χ0) is 15.4. The Hall–Kier alpha value is -2.52. The molecule has 5 nitrogen and oxygen atoms in total. The summed E-state index contributed by atoms with van der Waals surface area (Å²) < 4.78 is 5.57. The Morgan fingerprint density at radius 1 is 1.04 bits per heavy atom. The Labute approximate surface area is 147 Å². The van der Waals surface area contributed by atoms with Crippen LogP contribution in [0.25, 0.3) is 11.3 Å². The van der Waals surface area contributed by atoms with Crippen LogP contribution in [0.5, 0.6) is 11.6 Å². The molecule has 1 aromatic carbocycles. The zero-order valence-corrected chi connectivity index (χ0v) is 14.0. The van der Waals surface area contributed by atoms with Gasteiger partial charge in [-0.1, -0.05) is 24.3 Å². The third-order valence-corrected chi connectivity index (χ3v) is 2.87. The van der Waals surface area contributed by atoms with E-state index in [1.54, 1.807) is 24.4 Å². The molecule has 0 fully saturated rings. The molecule has 0 saturated heterocycles. The molecule has 0 aliphatic carbocycles. The van der Waals surface area contributed by atoms with E-state index in [1.807, 2.05) is 30.3 Å². The fourth-order valence-electron chi connectivity index (χ4n) is 1.88. The Morgan fingerprint density at radius 2 is 1.87 bits per heavy atom.